The van der Waals surface area contributed by atoms with E-state index in [1.165, 1.54) is 11.3 Å². The van der Waals surface area contributed by atoms with Gasteiger partial charge < -0.3 is 4.90 Å². The molecule has 0 aliphatic heterocycles. The van der Waals surface area contributed by atoms with Crippen molar-refractivity contribution in [1.29, 1.82) is 0 Å². The second-order valence-corrected chi connectivity index (χ2v) is 6.56. The Hall–Kier alpha value is -1.83. The lowest BCUT2D eigenvalue weighted by Gasteiger charge is -2.25. The fourth-order valence-electron chi connectivity index (χ4n) is 2.58. The minimum absolute atomic E-state index is 0.0576. The zero-order chi connectivity index (χ0) is 14.9. The minimum atomic E-state index is 0.0576. The number of nitrogens with zero attached hydrogens (tertiary/aromatic N) is 1. The van der Waals surface area contributed by atoms with Crippen LogP contribution in [0.15, 0.2) is 42.1 Å². The molecule has 0 spiro atoms. The number of aldehydes is 1. The Morgan fingerprint density at radius 3 is 2.45 bits per heavy atom. The van der Waals surface area contributed by atoms with Gasteiger partial charge in [0.05, 0.1) is 0 Å². The van der Waals surface area contributed by atoms with E-state index in [4.69, 9.17) is 0 Å². The number of carbonyl (C=O) groups is 1. The monoisotopic (exact) mass is 269 g/mol. The normalized spacial score (nSPS) is 18.1. The van der Waals surface area contributed by atoms with Gasteiger partial charge in [-0.05, 0) is 28.7 Å². The summed E-state index contributed by atoms with van der Waals surface area (Å²) in [6.45, 7) is 6.49. The molecule has 106 valence electrons. The Balaban J connectivity index is 2.46. The highest BCUT2D eigenvalue weighted by Crippen LogP contribution is 2.34. The summed E-state index contributed by atoms with van der Waals surface area (Å²) in [5, 5.41) is 0. The Morgan fingerprint density at radius 2 is 1.90 bits per heavy atom. The Morgan fingerprint density at radius 1 is 1.20 bits per heavy atom. The van der Waals surface area contributed by atoms with Crippen LogP contribution in [0.25, 0.3) is 0 Å². The van der Waals surface area contributed by atoms with Gasteiger partial charge in [0.2, 0.25) is 0 Å². The highest BCUT2D eigenvalue weighted by atomic mass is 16.1. The average Bonchev–Trinajstić information content (AvgIpc) is 2.86. The topological polar surface area (TPSA) is 20.3 Å². The summed E-state index contributed by atoms with van der Waals surface area (Å²) >= 11 is 0. The number of likely N-dealkylation sites (N-methyl/N-ethyl adjacent to an activating group) is 1. The summed E-state index contributed by atoms with van der Waals surface area (Å²) < 4.78 is 0. The standard InChI is InChI=1S/C18H23NO/c1-18(2,3)14-9-10-15(13(11-14)12-20)16-7-6-8-17(16)19(4)5/h6-12,16H,1-5H3. The maximum absolute atomic E-state index is 11.5. The lowest BCUT2D eigenvalue weighted by atomic mass is 9.83. The average molecular weight is 269 g/mol. The van der Waals surface area contributed by atoms with E-state index in [1.807, 2.05) is 20.2 Å². The molecule has 0 saturated heterocycles. The van der Waals surface area contributed by atoms with E-state index >= 15 is 0 Å². The first kappa shape index (κ1) is 14.6. The summed E-state index contributed by atoms with van der Waals surface area (Å²) in [6, 6.07) is 6.27. The molecular weight excluding hydrogens is 246 g/mol. The lowest BCUT2D eigenvalue weighted by Crippen LogP contribution is -2.17. The van der Waals surface area contributed by atoms with Gasteiger partial charge in [-0.1, -0.05) is 45.1 Å². The lowest BCUT2D eigenvalue weighted by molar-refractivity contribution is 0.112. The molecule has 0 aromatic heterocycles. The Bertz CT molecular complexity index is 574. The minimum Gasteiger partial charge on any atom is -0.380 e. The van der Waals surface area contributed by atoms with Crippen molar-refractivity contribution in [3.8, 4) is 0 Å². The van der Waals surface area contributed by atoms with E-state index in [2.05, 4.69) is 56.0 Å². The number of benzene rings is 1. The van der Waals surface area contributed by atoms with Crippen LogP contribution in [-0.4, -0.2) is 25.3 Å². The molecule has 0 radical (unpaired) electrons. The zero-order valence-corrected chi connectivity index (χ0v) is 13.0. The smallest absolute Gasteiger partial charge is 0.150 e. The van der Waals surface area contributed by atoms with Crippen LogP contribution in [0.1, 0.15) is 48.2 Å². The largest absolute Gasteiger partial charge is 0.380 e. The molecule has 1 aromatic carbocycles. The molecule has 1 aliphatic carbocycles. The van der Waals surface area contributed by atoms with E-state index in [0.717, 1.165) is 17.4 Å². The van der Waals surface area contributed by atoms with Crippen LogP contribution in [0.2, 0.25) is 0 Å². The third kappa shape index (κ3) is 2.69. The highest BCUT2D eigenvalue weighted by Gasteiger charge is 2.23. The van der Waals surface area contributed by atoms with E-state index in [1.54, 1.807) is 0 Å². The molecule has 2 nitrogen and oxygen atoms in total. The molecule has 1 aliphatic rings. The fraction of sp³-hybridized carbons (Fsp3) is 0.389. The van der Waals surface area contributed by atoms with Crippen LogP contribution >= 0.6 is 0 Å². The first-order valence-corrected chi connectivity index (χ1v) is 7.00. The molecule has 0 heterocycles. The van der Waals surface area contributed by atoms with Crippen molar-refractivity contribution in [3.05, 3.63) is 58.8 Å². The van der Waals surface area contributed by atoms with Crippen LogP contribution in [0.4, 0.5) is 0 Å². The van der Waals surface area contributed by atoms with E-state index < -0.39 is 0 Å². The molecule has 1 aromatic rings. The van der Waals surface area contributed by atoms with Crippen LogP contribution in [0.5, 0.6) is 0 Å². The third-order valence-corrected chi connectivity index (χ3v) is 3.82. The summed E-state index contributed by atoms with van der Waals surface area (Å²) in [5.41, 5.74) is 4.35. The van der Waals surface area contributed by atoms with Crippen molar-refractivity contribution >= 4 is 6.29 Å². The molecule has 0 amide bonds. The summed E-state index contributed by atoms with van der Waals surface area (Å²) in [6.07, 6.45) is 7.29. The number of carbonyl (C=O) groups excluding carboxylic acids is 1. The van der Waals surface area contributed by atoms with Gasteiger partial charge in [-0.2, -0.15) is 0 Å². The molecule has 20 heavy (non-hydrogen) atoms. The molecule has 2 rings (SSSR count). The number of allylic oxidation sites excluding steroid dienone is 3. The van der Waals surface area contributed by atoms with Crippen LogP contribution in [0.3, 0.4) is 0 Å². The fourth-order valence-corrected chi connectivity index (χ4v) is 2.58. The van der Waals surface area contributed by atoms with Crippen molar-refractivity contribution in [3.63, 3.8) is 0 Å². The van der Waals surface area contributed by atoms with Gasteiger partial charge in [0.25, 0.3) is 0 Å². The Labute approximate surface area is 121 Å². The van der Waals surface area contributed by atoms with E-state index in [-0.39, 0.29) is 11.3 Å². The predicted octanol–water partition coefficient (Wildman–Crippen LogP) is 3.90. The van der Waals surface area contributed by atoms with Crippen molar-refractivity contribution in [2.45, 2.75) is 32.1 Å². The van der Waals surface area contributed by atoms with E-state index in [9.17, 15) is 4.79 Å². The molecular formula is C18H23NO. The summed E-state index contributed by atoms with van der Waals surface area (Å²) in [5.74, 6) is 0.180. The van der Waals surface area contributed by atoms with Gasteiger partial charge in [0.1, 0.15) is 6.29 Å². The van der Waals surface area contributed by atoms with E-state index in [0.29, 0.717) is 0 Å². The van der Waals surface area contributed by atoms with Crippen molar-refractivity contribution in [2.24, 2.45) is 0 Å². The quantitative estimate of drug-likeness (QED) is 0.776. The molecule has 0 bridgehead atoms. The number of rotatable bonds is 3. The Kier molecular flexibility index (Phi) is 3.85. The highest BCUT2D eigenvalue weighted by molar-refractivity contribution is 5.79. The first-order valence-electron chi connectivity index (χ1n) is 7.00. The van der Waals surface area contributed by atoms with Crippen molar-refractivity contribution in [2.75, 3.05) is 14.1 Å². The van der Waals surface area contributed by atoms with Crippen molar-refractivity contribution < 1.29 is 4.79 Å². The molecule has 1 atom stereocenters. The maximum Gasteiger partial charge on any atom is 0.150 e. The molecule has 0 N–H and O–H groups in total. The first-order chi connectivity index (χ1) is 9.34. The van der Waals surface area contributed by atoms with Gasteiger partial charge in [0, 0.05) is 31.3 Å². The van der Waals surface area contributed by atoms with Gasteiger partial charge in [-0.25, -0.2) is 0 Å². The number of hydrogen-bond donors (Lipinski definition) is 0. The third-order valence-electron chi connectivity index (χ3n) is 3.82. The summed E-state index contributed by atoms with van der Waals surface area (Å²) in [7, 11) is 4.08. The van der Waals surface area contributed by atoms with Gasteiger partial charge >= 0.3 is 0 Å². The molecule has 2 heteroatoms. The SMILES string of the molecule is CN(C)C1=CC=CC1c1ccc(C(C)(C)C)cc1C=O. The van der Waals surface area contributed by atoms with Crippen LogP contribution < -0.4 is 0 Å². The van der Waals surface area contributed by atoms with Crippen LogP contribution in [-0.2, 0) is 5.41 Å². The summed E-state index contributed by atoms with van der Waals surface area (Å²) in [4.78, 5) is 13.6. The van der Waals surface area contributed by atoms with Gasteiger partial charge in [0.15, 0.2) is 0 Å². The van der Waals surface area contributed by atoms with Gasteiger partial charge in [-0.15, -0.1) is 0 Å². The zero-order valence-electron chi connectivity index (χ0n) is 13.0. The molecule has 0 fully saturated rings. The molecule has 0 saturated carbocycles. The second-order valence-electron chi connectivity index (χ2n) is 6.56. The van der Waals surface area contributed by atoms with Gasteiger partial charge in [-0.3, -0.25) is 4.79 Å². The van der Waals surface area contributed by atoms with Crippen molar-refractivity contribution in [1.82, 2.24) is 4.90 Å². The predicted molar refractivity (Wildman–Crippen MR) is 84.2 cm³/mol. The number of hydrogen-bond acceptors (Lipinski definition) is 2. The maximum atomic E-state index is 11.5. The van der Waals surface area contributed by atoms with Crippen LogP contribution in [0, 0.1) is 0 Å². The molecule has 1 unspecified atom stereocenters. The second kappa shape index (κ2) is 5.28.